The lowest BCUT2D eigenvalue weighted by atomic mass is 10.2. The molecule has 1 rings (SSSR count). The third-order valence-corrected chi connectivity index (χ3v) is 2.86. The molecule has 5 heteroatoms. The van der Waals surface area contributed by atoms with Gasteiger partial charge in [-0.1, -0.05) is 11.6 Å². The summed E-state index contributed by atoms with van der Waals surface area (Å²) in [6.45, 7) is 1.85. The molecule has 0 atom stereocenters. The van der Waals surface area contributed by atoms with E-state index in [9.17, 15) is 0 Å². The highest BCUT2D eigenvalue weighted by Crippen LogP contribution is 2.25. The van der Waals surface area contributed by atoms with Crippen molar-refractivity contribution in [2.24, 2.45) is 5.73 Å². The summed E-state index contributed by atoms with van der Waals surface area (Å²) >= 11 is 6.18. The first-order valence-corrected chi connectivity index (χ1v) is 5.79. The highest BCUT2D eigenvalue weighted by atomic mass is 35.5. The number of likely N-dealkylation sites (N-methyl/N-ethyl adjacent to an activating group) is 2. The number of halogens is 1. The summed E-state index contributed by atoms with van der Waals surface area (Å²) in [6, 6.07) is 5.44. The molecular formula is C12H19ClN4. The molecule has 0 amide bonds. The van der Waals surface area contributed by atoms with Crippen molar-refractivity contribution in [1.82, 2.24) is 4.90 Å². The molecule has 0 aromatic heterocycles. The second-order valence-electron chi connectivity index (χ2n) is 4.30. The molecular weight excluding hydrogens is 236 g/mol. The second-order valence-corrected chi connectivity index (χ2v) is 4.71. The highest BCUT2D eigenvalue weighted by Gasteiger charge is 2.08. The normalized spacial score (nSPS) is 10.6. The van der Waals surface area contributed by atoms with Gasteiger partial charge < -0.3 is 15.5 Å². The van der Waals surface area contributed by atoms with Crippen LogP contribution < -0.4 is 10.6 Å². The molecule has 94 valence electrons. The van der Waals surface area contributed by atoms with Crippen molar-refractivity contribution in [3.8, 4) is 0 Å². The topological polar surface area (TPSA) is 56.4 Å². The minimum Gasteiger partial charge on any atom is -0.384 e. The Morgan fingerprint density at radius 3 is 2.41 bits per heavy atom. The van der Waals surface area contributed by atoms with Gasteiger partial charge in [0, 0.05) is 25.7 Å². The van der Waals surface area contributed by atoms with Crippen molar-refractivity contribution >= 4 is 23.1 Å². The van der Waals surface area contributed by atoms with Crippen LogP contribution in [0, 0.1) is 5.41 Å². The quantitative estimate of drug-likeness (QED) is 0.620. The van der Waals surface area contributed by atoms with Gasteiger partial charge in [0.25, 0.3) is 0 Å². The molecule has 0 saturated heterocycles. The fourth-order valence-electron chi connectivity index (χ4n) is 1.45. The van der Waals surface area contributed by atoms with Crippen LogP contribution in [0.2, 0.25) is 5.02 Å². The maximum atomic E-state index is 7.35. The van der Waals surface area contributed by atoms with Crippen LogP contribution in [0.15, 0.2) is 18.2 Å². The Hall–Kier alpha value is -1.26. The number of hydrogen-bond donors (Lipinski definition) is 2. The maximum absolute atomic E-state index is 7.35. The van der Waals surface area contributed by atoms with E-state index < -0.39 is 0 Å². The molecule has 0 spiro atoms. The van der Waals surface area contributed by atoms with Crippen LogP contribution in [0.4, 0.5) is 5.69 Å². The van der Waals surface area contributed by atoms with E-state index in [0.717, 1.165) is 18.8 Å². The lowest BCUT2D eigenvalue weighted by Gasteiger charge is -2.22. The van der Waals surface area contributed by atoms with E-state index in [2.05, 4.69) is 9.80 Å². The molecule has 0 aliphatic rings. The number of benzene rings is 1. The average Bonchev–Trinajstić information content (AvgIpc) is 2.25. The first-order valence-electron chi connectivity index (χ1n) is 5.41. The molecule has 1 aromatic carbocycles. The van der Waals surface area contributed by atoms with Gasteiger partial charge in [0.15, 0.2) is 0 Å². The molecule has 1 aromatic rings. The lowest BCUT2D eigenvalue weighted by Crippen LogP contribution is -2.28. The largest absolute Gasteiger partial charge is 0.384 e. The van der Waals surface area contributed by atoms with Gasteiger partial charge in [-0.05, 0) is 32.3 Å². The predicted molar refractivity (Wildman–Crippen MR) is 74.3 cm³/mol. The molecule has 3 N–H and O–H groups in total. The van der Waals surface area contributed by atoms with Crippen molar-refractivity contribution in [1.29, 1.82) is 5.41 Å². The van der Waals surface area contributed by atoms with E-state index in [0.29, 0.717) is 10.6 Å². The van der Waals surface area contributed by atoms with Gasteiger partial charge in [0.2, 0.25) is 0 Å². The second kappa shape index (κ2) is 5.89. The van der Waals surface area contributed by atoms with E-state index in [4.69, 9.17) is 22.7 Å². The van der Waals surface area contributed by atoms with E-state index in [1.807, 2.05) is 33.3 Å². The van der Waals surface area contributed by atoms with E-state index >= 15 is 0 Å². The minimum atomic E-state index is 0.0365. The summed E-state index contributed by atoms with van der Waals surface area (Å²) in [5.74, 6) is 0.0365. The van der Waals surface area contributed by atoms with Crippen molar-refractivity contribution in [3.63, 3.8) is 0 Å². The molecule has 0 fully saturated rings. The third-order valence-electron chi connectivity index (χ3n) is 2.55. The SMILES string of the molecule is CN(C)CCN(C)c1ccc(C(=N)N)cc1Cl. The van der Waals surface area contributed by atoms with Crippen LogP contribution in [-0.4, -0.2) is 45.0 Å². The van der Waals surface area contributed by atoms with Gasteiger partial charge in [-0.15, -0.1) is 0 Å². The van der Waals surface area contributed by atoms with Gasteiger partial charge in [-0.3, -0.25) is 5.41 Å². The first-order chi connectivity index (χ1) is 7.91. The zero-order valence-electron chi connectivity index (χ0n) is 10.5. The Bertz CT molecular complexity index is 403. The van der Waals surface area contributed by atoms with Crippen LogP contribution in [0.1, 0.15) is 5.56 Å². The number of nitrogen functional groups attached to an aromatic ring is 1. The Kier molecular flexibility index (Phi) is 4.78. The molecule has 0 saturated carbocycles. The summed E-state index contributed by atoms with van der Waals surface area (Å²) in [5, 5.41) is 7.97. The zero-order chi connectivity index (χ0) is 13.0. The summed E-state index contributed by atoms with van der Waals surface area (Å²) < 4.78 is 0. The van der Waals surface area contributed by atoms with Crippen LogP contribution in [0.3, 0.4) is 0 Å². The third kappa shape index (κ3) is 3.91. The molecule has 0 unspecified atom stereocenters. The number of nitrogens with zero attached hydrogens (tertiary/aromatic N) is 2. The Labute approximate surface area is 107 Å². The molecule has 0 aliphatic heterocycles. The molecule has 17 heavy (non-hydrogen) atoms. The summed E-state index contributed by atoms with van der Waals surface area (Å²) in [7, 11) is 6.07. The summed E-state index contributed by atoms with van der Waals surface area (Å²) in [5.41, 5.74) is 7.02. The zero-order valence-corrected chi connectivity index (χ0v) is 11.3. The smallest absolute Gasteiger partial charge is 0.122 e. The number of nitrogens with two attached hydrogens (primary N) is 1. The number of hydrogen-bond acceptors (Lipinski definition) is 3. The van der Waals surface area contributed by atoms with Crippen LogP contribution in [-0.2, 0) is 0 Å². The number of anilines is 1. The van der Waals surface area contributed by atoms with Crippen LogP contribution in [0.25, 0.3) is 0 Å². The minimum absolute atomic E-state index is 0.0365. The molecule has 0 radical (unpaired) electrons. The van der Waals surface area contributed by atoms with Crippen LogP contribution in [0.5, 0.6) is 0 Å². The van der Waals surface area contributed by atoms with Gasteiger partial charge >= 0.3 is 0 Å². The molecule has 0 aliphatic carbocycles. The average molecular weight is 255 g/mol. The fraction of sp³-hybridized carbons (Fsp3) is 0.417. The van der Waals surface area contributed by atoms with E-state index in [1.165, 1.54) is 0 Å². The molecule has 0 bridgehead atoms. The lowest BCUT2D eigenvalue weighted by molar-refractivity contribution is 0.416. The number of rotatable bonds is 5. The monoisotopic (exact) mass is 254 g/mol. The van der Waals surface area contributed by atoms with Gasteiger partial charge in [-0.25, -0.2) is 0 Å². The van der Waals surface area contributed by atoms with Crippen molar-refractivity contribution in [2.75, 3.05) is 39.1 Å². The number of amidine groups is 1. The standard InChI is InChI=1S/C12H19ClN4/c1-16(2)6-7-17(3)11-5-4-9(12(14)15)8-10(11)13/h4-5,8H,6-7H2,1-3H3,(H3,14,15). The van der Waals surface area contributed by atoms with Crippen LogP contribution >= 0.6 is 11.6 Å². The van der Waals surface area contributed by atoms with Gasteiger partial charge in [-0.2, -0.15) is 0 Å². The Morgan fingerprint density at radius 1 is 1.29 bits per heavy atom. The fourth-order valence-corrected chi connectivity index (χ4v) is 1.78. The summed E-state index contributed by atoms with van der Waals surface area (Å²) in [6.07, 6.45) is 0. The Balaban J connectivity index is 2.81. The van der Waals surface area contributed by atoms with Crippen molar-refractivity contribution < 1.29 is 0 Å². The highest BCUT2D eigenvalue weighted by molar-refractivity contribution is 6.33. The Morgan fingerprint density at radius 2 is 1.94 bits per heavy atom. The first kappa shape index (κ1) is 13.8. The molecule has 0 heterocycles. The van der Waals surface area contributed by atoms with E-state index in [-0.39, 0.29) is 5.84 Å². The molecule has 4 nitrogen and oxygen atoms in total. The van der Waals surface area contributed by atoms with Crippen molar-refractivity contribution in [2.45, 2.75) is 0 Å². The van der Waals surface area contributed by atoms with Gasteiger partial charge in [0.1, 0.15) is 5.84 Å². The van der Waals surface area contributed by atoms with Gasteiger partial charge in [0.05, 0.1) is 10.7 Å². The van der Waals surface area contributed by atoms with Crippen molar-refractivity contribution in [3.05, 3.63) is 28.8 Å². The number of nitrogens with one attached hydrogen (secondary N) is 1. The predicted octanol–water partition coefficient (Wildman–Crippen LogP) is 1.62. The summed E-state index contributed by atoms with van der Waals surface area (Å²) in [4.78, 5) is 4.21. The maximum Gasteiger partial charge on any atom is 0.122 e. The van der Waals surface area contributed by atoms with E-state index in [1.54, 1.807) is 6.07 Å².